The summed E-state index contributed by atoms with van der Waals surface area (Å²) in [6.07, 6.45) is 13.5. The molecule has 4 aliphatic rings. The molecular weight excluding hydrogens is 832 g/mol. The molecule has 4 aliphatic heterocycles. The molecule has 0 aromatic carbocycles. The SMILES string of the molecule is CC1CNCC1c1nn2c(C3CCOCC3)ncc2c(=O)[nH]1.COc1cnc(CCl)nc1.COc1cnc(CN2CC(C)C(c3nn4c(C5CCOCC5)ncc4c(=O)[nH]3)C2)nc1. The number of nitrogens with one attached hydrogen (secondary N) is 3. The third-order valence-corrected chi connectivity index (χ3v) is 12.5. The molecule has 0 aliphatic carbocycles. The standard InChI is InChI=1S/C21H27N7O3.C15H21N5O2.C6H7ClN2O/c1-13-10-27(12-18-22-7-15(30-2)8-23-18)11-16(13)19-25-21(29)17-9-24-20(28(17)26-19)14-3-5-31-6-4-14;1-9-6-16-7-11(9)13-18-15(21)12-8-17-14(20(12)19-13)10-2-4-22-5-3-10;1-10-5-3-8-6(2-7)9-4-5/h7-9,13-14,16H,3-6,10-12H2,1-2H3,(H,25,26,29);8-11,16H,2-7H2,1H3,(H,18,19,21);3-4H,2H2,1H3. The van der Waals surface area contributed by atoms with Gasteiger partial charge in [0.25, 0.3) is 11.1 Å². The highest BCUT2D eigenvalue weighted by atomic mass is 35.5. The van der Waals surface area contributed by atoms with Crippen molar-refractivity contribution in [1.29, 1.82) is 0 Å². The molecule has 336 valence electrons. The Morgan fingerprint density at radius 3 is 1.60 bits per heavy atom. The molecule has 0 spiro atoms. The van der Waals surface area contributed by atoms with Crippen LogP contribution in [0.3, 0.4) is 0 Å². The number of aromatic amines is 2. The van der Waals surface area contributed by atoms with Crippen molar-refractivity contribution >= 4 is 22.6 Å². The summed E-state index contributed by atoms with van der Waals surface area (Å²) in [5.41, 5.74) is 0.790. The topological polar surface area (TPSA) is 230 Å². The van der Waals surface area contributed by atoms with Gasteiger partial charge in [-0.05, 0) is 44.1 Å². The van der Waals surface area contributed by atoms with E-state index >= 15 is 0 Å². The van der Waals surface area contributed by atoms with Crippen LogP contribution >= 0.6 is 11.6 Å². The maximum absolute atomic E-state index is 12.8. The van der Waals surface area contributed by atoms with Crippen molar-refractivity contribution in [2.75, 3.05) is 66.8 Å². The lowest BCUT2D eigenvalue weighted by Gasteiger charge is -2.21. The summed E-state index contributed by atoms with van der Waals surface area (Å²) < 4.78 is 24.4. The summed E-state index contributed by atoms with van der Waals surface area (Å²) in [5.74, 6) is 8.00. The zero-order chi connectivity index (χ0) is 43.9. The van der Waals surface area contributed by atoms with Gasteiger partial charge in [0.05, 0.1) is 63.8 Å². The summed E-state index contributed by atoms with van der Waals surface area (Å²) in [6, 6.07) is 0. The Kier molecular flexibility index (Phi) is 14.3. The number of likely N-dealkylation sites (tertiary alicyclic amines) is 1. The lowest BCUT2D eigenvalue weighted by atomic mass is 9.97. The molecule has 10 heterocycles. The van der Waals surface area contributed by atoms with Crippen molar-refractivity contribution < 1.29 is 18.9 Å². The number of alkyl halides is 1. The van der Waals surface area contributed by atoms with Crippen molar-refractivity contribution in [3.05, 3.63) is 92.8 Å². The Hall–Kier alpha value is -5.41. The number of ether oxygens (including phenoxy) is 4. The Morgan fingerprint density at radius 2 is 1.14 bits per heavy atom. The van der Waals surface area contributed by atoms with Crippen molar-refractivity contribution in [2.45, 2.75) is 75.6 Å². The molecule has 0 bridgehead atoms. The van der Waals surface area contributed by atoms with Crippen molar-refractivity contribution in [3.63, 3.8) is 0 Å². The van der Waals surface area contributed by atoms with Crippen LogP contribution in [0.4, 0.5) is 0 Å². The second kappa shape index (κ2) is 20.4. The molecule has 0 saturated carbocycles. The number of aromatic nitrogens is 12. The summed E-state index contributed by atoms with van der Waals surface area (Å²) >= 11 is 5.46. The van der Waals surface area contributed by atoms with E-state index in [2.05, 4.69) is 63.9 Å². The van der Waals surface area contributed by atoms with Crippen LogP contribution in [0.25, 0.3) is 11.0 Å². The first-order chi connectivity index (χ1) is 30.7. The summed E-state index contributed by atoms with van der Waals surface area (Å²) in [5, 5.41) is 12.9. The number of H-pyrrole nitrogens is 2. The van der Waals surface area contributed by atoms with Gasteiger partial charge in [0.1, 0.15) is 34.9 Å². The second-order valence-corrected chi connectivity index (χ2v) is 16.8. The molecular formula is C42H55ClN14O6. The minimum absolute atomic E-state index is 0.102. The number of hydrogen-bond acceptors (Lipinski definition) is 16. The maximum atomic E-state index is 12.8. The quantitative estimate of drug-likeness (QED) is 0.177. The predicted molar refractivity (Wildman–Crippen MR) is 231 cm³/mol. The molecule has 0 amide bonds. The fourth-order valence-electron chi connectivity index (χ4n) is 8.64. The number of hydrogen-bond donors (Lipinski definition) is 3. The molecule has 10 rings (SSSR count). The third kappa shape index (κ3) is 10.2. The molecule has 6 aromatic rings. The van der Waals surface area contributed by atoms with Gasteiger partial charge in [-0.15, -0.1) is 11.6 Å². The van der Waals surface area contributed by atoms with E-state index in [1.165, 1.54) is 0 Å². The van der Waals surface area contributed by atoms with Gasteiger partial charge >= 0.3 is 0 Å². The average Bonchev–Trinajstić information content (AvgIpc) is 4.14. The largest absolute Gasteiger partial charge is 0.494 e. The van der Waals surface area contributed by atoms with E-state index in [1.54, 1.807) is 60.4 Å². The van der Waals surface area contributed by atoms with Gasteiger partial charge in [-0.3, -0.25) is 14.5 Å². The fourth-order valence-corrected chi connectivity index (χ4v) is 8.78. The van der Waals surface area contributed by atoms with Gasteiger partial charge < -0.3 is 34.2 Å². The number of methoxy groups -OCH3 is 2. The molecule has 4 unspecified atom stereocenters. The fraction of sp³-hybridized carbons (Fsp3) is 0.571. The first-order valence-electron chi connectivity index (χ1n) is 21.5. The van der Waals surface area contributed by atoms with Crippen LogP contribution in [0.1, 0.15) is 98.1 Å². The van der Waals surface area contributed by atoms with Crippen molar-refractivity contribution in [2.24, 2.45) is 11.8 Å². The van der Waals surface area contributed by atoms with Gasteiger partial charge in [-0.25, -0.2) is 38.9 Å². The summed E-state index contributed by atoms with van der Waals surface area (Å²) in [4.78, 5) is 58.9. The maximum Gasteiger partial charge on any atom is 0.276 e. The van der Waals surface area contributed by atoms with Gasteiger partial charge in [0.2, 0.25) is 0 Å². The highest BCUT2D eigenvalue weighted by Crippen LogP contribution is 2.32. The van der Waals surface area contributed by atoms with Gasteiger partial charge in [-0.1, -0.05) is 13.8 Å². The average molecular weight is 887 g/mol. The van der Waals surface area contributed by atoms with E-state index in [9.17, 15) is 9.59 Å². The molecule has 21 heteroatoms. The number of halogens is 1. The van der Waals surface area contributed by atoms with Crippen LogP contribution in [-0.4, -0.2) is 131 Å². The number of rotatable bonds is 9. The Morgan fingerprint density at radius 1 is 0.651 bits per heavy atom. The van der Waals surface area contributed by atoms with Crippen LogP contribution in [0.2, 0.25) is 0 Å². The molecule has 20 nitrogen and oxygen atoms in total. The second-order valence-electron chi connectivity index (χ2n) is 16.5. The molecule has 4 atom stereocenters. The normalized spacial score (nSPS) is 22.1. The minimum Gasteiger partial charge on any atom is -0.494 e. The van der Waals surface area contributed by atoms with E-state index in [4.69, 9.17) is 40.7 Å². The van der Waals surface area contributed by atoms with E-state index < -0.39 is 0 Å². The number of nitrogens with zero attached hydrogens (tertiary/aromatic N) is 11. The zero-order valence-electron chi connectivity index (χ0n) is 36.1. The summed E-state index contributed by atoms with van der Waals surface area (Å²) in [7, 11) is 3.17. The number of imidazole rings is 2. The van der Waals surface area contributed by atoms with E-state index in [-0.39, 0.29) is 28.9 Å². The van der Waals surface area contributed by atoms with Crippen LogP contribution < -0.4 is 25.9 Å². The van der Waals surface area contributed by atoms with E-state index in [0.29, 0.717) is 58.5 Å². The zero-order valence-corrected chi connectivity index (χ0v) is 36.8. The Balaban J connectivity index is 0.000000147. The third-order valence-electron chi connectivity index (χ3n) is 12.3. The molecule has 3 N–H and O–H groups in total. The van der Waals surface area contributed by atoms with Crippen molar-refractivity contribution in [3.8, 4) is 11.5 Å². The lowest BCUT2D eigenvalue weighted by molar-refractivity contribution is 0.0831. The smallest absolute Gasteiger partial charge is 0.276 e. The van der Waals surface area contributed by atoms with Crippen LogP contribution in [0, 0.1) is 11.8 Å². The predicted octanol–water partition coefficient (Wildman–Crippen LogP) is 3.20. The van der Waals surface area contributed by atoms with Gasteiger partial charge in [0.15, 0.2) is 22.5 Å². The Bertz CT molecular complexity index is 2510. The molecule has 4 fully saturated rings. The minimum atomic E-state index is -0.139. The first-order valence-corrected chi connectivity index (χ1v) is 22.1. The monoisotopic (exact) mass is 886 g/mol. The molecule has 6 aromatic heterocycles. The van der Waals surface area contributed by atoms with Crippen LogP contribution in [-0.2, 0) is 21.9 Å². The number of fused-ring (bicyclic) bond motifs is 2. The van der Waals surface area contributed by atoms with Gasteiger partial charge in [0, 0.05) is 69.7 Å². The van der Waals surface area contributed by atoms with Crippen LogP contribution in [0.5, 0.6) is 11.5 Å². The molecule has 4 saturated heterocycles. The Labute approximate surface area is 368 Å². The van der Waals surface area contributed by atoms with E-state index in [0.717, 1.165) is 107 Å². The molecule has 63 heavy (non-hydrogen) atoms. The van der Waals surface area contributed by atoms with E-state index in [1.807, 2.05) is 0 Å². The van der Waals surface area contributed by atoms with Crippen LogP contribution in [0.15, 0.2) is 46.8 Å². The van der Waals surface area contributed by atoms with Gasteiger partial charge in [-0.2, -0.15) is 10.2 Å². The molecule has 0 radical (unpaired) electrons. The lowest BCUT2D eigenvalue weighted by Crippen LogP contribution is -2.24. The highest BCUT2D eigenvalue weighted by molar-refractivity contribution is 6.16. The summed E-state index contributed by atoms with van der Waals surface area (Å²) in [6.45, 7) is 11.5. The van der Waals surface area contributed by atoms with Crippen molar-refractivity contribution in [1.82, 2.24) is 69.3 Å². The first kappa shape index (κ1) is 44.2. The highest BCUT2D eigenvalue weighted by Gasteiger charge is 2.34.